The molecule has 0 aliphatic heterocycles. The first-order chi connectivity index (χ1) is 8.83. The molecule has 0 fully saturated rings. The second kappa shape index (κ2) is 9.69. The highest BCUT2D eigenvalue weighted by molar-refractivity contribution is 5.75. The molecule has 0 radical (unpaired) electrons. The van der Waals surface area contributed by atoms with Gasteiger partial charge in [-0.05, 0) is 18.4 Å². The Labute approximate surface area is 111 Å². The van der Waals surface area contributed by atoms with E-state index in [2.05, 4.69) is 24.4 Å². The Hall–Kier alpha value is -1.31. The number of hydrogen-bond acceptors (Lipinski definition) is 1. The van der Waals surface area contributed by atoms with E-state index in [0.29, 0.717) is 6.42 Å². The normalized spacial score (nSPS) is 10.3. The van der Waals surface area contributed by atoms with E-state index in [4.69, 9.17) is 0 Å². The molecular weight excluding hydrogens is 222 g/mol. The molecule has 100 valence electrons. The maximum atomic E-state index is 11.6. The summed E-state index contributed by atoms with van der Waals surface area (Å²) in [6.45, 7) is 2.95. The van der Waals surface area contributed by atoms with Crippen LogP contribution in [0.4, 0.5) is 0 Å². The SMILES string of the molecule is CCCCCCCC(=O)NCCc1ccccc1. The molecule has 18 heavy (non-hydrogen) atoms. The lowest BCUT2D eigenvalue weighted by atomic mass is 10.1. The Morgan fingerprint density at radius 3 is 2.50 bits per heavy atom. The van der Waals surface area contributed by atoms with Gasteiger partial charge in [0, 0.05) is 13.0 Å². The first-order valence-electron chi connectivity index (χ1n) is 7.13. The smallest absolute Gasteiger partial charge is 0.220 e. The molecule has 0 bridgehead atoms. The Balaban J connectivity index is 2.00. The summed E-state index contributed by atoms with van der Waals surface area (Å²) < 4.78 is 0. The van der Waals surface area contributed by atoms with Crippen molar-refractivity contribution in [1.82, 2.24) is 5.32 Å². The second-order valence-electron chi connectivity index (χ2n) is 4.75. The van der Waals surface area contributed by atoms with Crippen LogP contribution in [0.3, 0.4) is 0 Å². The zero-order valence-electron chi connectivity index (χ0n) is 11.5. The number of rotatable bonds is 9. The summed E-state index contributed by atoms with van der Waals surface area (Å²) in [4.78, 5) is 11.6. The Morgan fingerprint density at radius 2 is 1.78 bits per heavy atom. The molecule has 0 heterocycles. The average molecular weight is 247 g/mol. The minimum atomic E-state index is 0.197. The zero-order chi connectivity index (χ0) is 13.1. The van der Waals surface area contributed by atoms with Crippen LogP contribution in [-0.2, 0) is 11.2 Å². The number of amides is 1. The quantitative estimate of drug-likeness (QED) is 0.662. The van der Waals surface area contributed by atoms with Gasteiger partial charge in [-0.3, -0.25) is 4.79 Å². The van der Waals surface area contributed by atoms with Gasteiger partial charge in [0.25, 0.3) is 0 Å². The topological polar surface area (TPSA) is 29.1 Å². The molecule has 2 nitrogen and oxygen atoms in total. The van der Waals surface area contributed by atoms with E-state index >= 15 is 0 Å². The first kappa shape index (κ1) is 14.7. The van der Waals surface area contributed by atoms with Crippen molar-refractivity contribution in [1.29, 1.82) is 0 Å². The summed E-state index contributed by atoms with van der Waals surface area (Å²) in [5, 5.41) is 2.98. The Bertz CT molecular complexity index is 321. The van der Waals surface area contributed by atoms with Crippen molar-refractivity contribution in [2.24, 2.45) is 0 Å². The fourth-order valence-electron chi connectivity index (χ4n) is 1.97. The van der Waals surface area contributed by atoms with Crippen molar-refractivity contribution in [2.75, 3.05) is 6.54 Å². The largest absolute Gasteiger partial charge is 0.356 e. The molecule has 0 saturated carbocycles. The molecule has 1 N–H and O–H groups in total. The maximum Gasteiger partial charge on any atom is 0.220 e. The highest BCUT2D eigenvalue weighted by Crippen LogP contribution is 2.04. The molecule has 1 aromatic carbocycles. The fraction of sp³-hybridized carbons (Fsp3) is 0.562. The van der Waals surface area contributed by atoms with E-state index in [-0.39, 0.29) is 5.91 Å². The molecule has 0 atom stereocenters. The standard InChI is InChI=1S/C16H25NO/c1-2-3-4-5-9-12-16(18)17-14-13-15-10-7-6-8-11-15/h6-8,10-11H,2-5,9,12-14H2,1H3,(H,17,18). The summed E-state index contributed by atoms with van der Waals surface area (Å²) in [5.74, 6) is 0.197. The number of nitrogens with one attached hydrogen (secondary N) is 1. The van der Waals surface area contributed by atoms with Gasteiger partial charge >= 0.3 is 0 Å². The third-order valence-electron chi connectivity index (χ3n) is 3.09. The number of benzene rings is 1. The van der Waals surface area contributed by atoms with E-state index in [1.54, 1.807) is 0 Å². The predicted molar refractivity (Wildman–Crippen MR) is 76.5 cm³/mol. The summed E-state index contributed by atoms with van der Waals surface area (Å²) >= 11 is 0. The lowest BCUT2D eigenvalue weighted by Crippen LogP contribution is -2.25. The highest BCUT2D eigenvalue weighted by atomic mass is 16.1. The highest BCUT2D eigenvalue weighted by Gasteiger charge is 2.00. The first-order valence-corrected chi connectivity index (χ1v) is 7.13. The van der Waals surface area contributed by atoms with Crippen LogP contribution in [-0.4, -0.2) is 12.5 Å². The molecule has 0 spiro atoms. The molecule has 2 heteroatoms. The van der Waals surface area contributed by atoms with Crippen LogP contribution in [0.5, 0.6) is 0 Å². The zero-order valence-corrected chi connectivity index (χ0v) is 11.5. The van der Waals surface area contributed by atoms with Crippen LogP contribution in [0.15, 0.2) is 30.3 Å². The van der Waals surface area contributed by atoms with E-state index in [1.807, 2.05) is 18.2 Å². The maximum absolute atomic E-state index is 11.6. The third kappa shape index (κ3) is 7.10. The molecule has 1 amide bonds. The number of carbonyl (C=O) groups excluding carboxylic acids is 1. The van der Waals surface area contributed by atoms with Crippen molar-refractivity contribution in [2.45, 2.75) is 51.9 Å². The molecule has 1 aromatic rings. The summed E-state index contributed by atoms with van der Waals surface area (Å²) in [6.07, 6.45) is 7.60. The Kier molecular flexibility index (Phi) is 7.94. The lowest BCUT2D eigenvalue weighted by Gasteiger charge is -2.05. The molecule has 0 aromatic heterocycles. The van der Waals surface area contributed by atoms with Crippen LogP contribution in [0.2, 0.25) is 0 Å². The van der Waals surface area contributed by atoms with E-state index in [9.17, 15) is 4.79 Å². The van der Waals surface area contributed by atoms with Gasteiger partial charge in [-0.1, -0.05) is 62.9 Å². The average Bonchev–Trinajstić information content (AvgIpc) is 2.40. The van der Waals surface area contributed by atoms with E-state index in [0.717, 1.165) is 19.4 Å². The predicted octanol–water partition coefficient (Wildman–Crippen LogP) is 3.71. The molecule has 0 aliphatic carbocycles. The van der Waals surface area contributed by atoms with Crippen LogP contribution in [0.1, 0.15) is 51.0 Å². The number of hydrogen-bond donors (Lipinski definition) is 1. The van der Waals surface area contributed by atoms with Gasteiger partial charge in [0.2, 0.25) is 5.91 Å². The monoisotopic (exact) mass is 247 g/mol. The second-order valence-corrected chi connectivity index (χ2v) is 4.75. The summed E-state index contributed by atoms with van der Waals surface area (Å²) in [6, 6.07) is 10.3. The van der Waals surface area contributed by atoms with E-state index < -0.39 is 0 Å². The van der Waals surface area contributed by atoms with Gasteiger partial charge < -0.3 is 5.32 Å². The molecule has 0 saturated heterocycles. The van der Waals surface area contributed by atoms with Crippen LogP contribution in [0, 0.1) is 0 Å². The Morgan fingerprint density at radius 1 is 1.06 bits per heavy atom. The van der Waals surface area contributed by atoms with E-state index in [1.165, 1.54) is 31.2 Å². The van der Waals surface area contributed by atoms with Gasteiger partial charge in [0.15, 0.2) is 0 Å². The fourth-order valence-corrected chi connectivity index (χ4v) is 1.97. The van der Waals surface area contributed by atoms with Crippen molar-refractivity contribution < 1.29 is 4.79 Å². The van der Waals surface area contributed by atoms with Crippen molar-refractivity contribution in [3.63, 3.8) is 0 Å². The van der Waals surface area contributed by atoms with Gasteiger partial charge in [0.1, 0.15) is 0 Å². The van der Waals surface area contributed by atoms with Gasteiger partial charge in [0.05, 0.1) is 0 Å². The number of unbranched alkanes of at least 4 members (excludes halogenated alkanes) is 4. The van der Waals surface area contributed by atoms with Crippen LogP contribution < -0.4 is 5.32 Å². The third-order valence-corrected chi connectivity index (χ3v) is 3.09. The van der Waals surface area contributed by atoms with Gasteiger partial charge in [-0.25, -0.2) is 0 Å². The molecule has 0 aliphatic rings. The van der Waals surface area contributed by atoms with Crippen molar-refractivity contribution >= 4 is 5.91 Å². The number of carbonyl (C=O) groups is 1. The van der Waals surface area contributed by atoms with Gasteiger partial charge in [-0.15, -0.1) is 0 Å². The van der Waals surface area contributed by atoms with Crippen molar-refractivity contribution in [3.05, 3.63) is 35.9 Å². The van der Waals surface area contributed by atoms with Crippen LogP contribution >= 0.6 is 0 Å². The molecule has 0 unspecified atom stereocenters. The summed E-state index contributed by atoms with van der Waals surface area (Å²) in [7, 11) is 0. The van der Waals surface area contributed by atoms with Gasteiger partial charge in [-0.2, -0.15) is 0 Å². The minimum absolute atomic E-state index is 0.197. The lowest BCUT2D eigenvalue weighted by molar-refractivity contribution is -0.121. The molecular formula is C16H25NO. The van der Waals surface area contributed by atoms with Crippen molar-refractivity contribution in [3.8, 4) is 0 Å². The molecule has 1 rings (SSSR count). The minimum Gasteiger partial charge on any atom is -0.356 e. The summed E-state index contributed by atoms with van der Waals surface area (Å²) in [5.41, 5.74) is 1.28. The van der Waals surface area contributed by atoms with Crippen LogP contribution in [0.25, 0.3) is 0 Å².